The van der Waals surface area contributed by atoms with Crippen LogP contribution in [0.4, 0.5) is 17.2 Å². The number of ether oxygens (including phenoxy) is 1. The molecular weight excluding hydrogens is 326 g/mol. The van der Waals surface area contributed by atoms with Crippen LogP contribution < -0.4 is 15.8 Å². The van der Waals surface area contributed by atoms with Crippen LogP contribution in [0.3, 0.4) is 0 Å². The second-order valence-corrected chi connectivity index (χ2v) is 4.85. The van der Waals surface area contributed by atoms with Crippen LogP contribution in [0.15, 0.2) is 34.9 Å². The van der Waals surface area contributed by atoms with Crippen molar-refractivity contribution in [2.24, 2.45) is 0 Å². The summed E-state index contributed by atoms with van der Waals surface area (Å²) in [5, 5.41) is 11.9. The maximum absolute atomic E-state index is 10.8. The first kappa shape index (κ1) is 14.1. The van der Waals surface area contributed by atoms with Gasteiger partial charge < -0.3 is 20.9 Å². The van der Waals surface area contributed by atoms with Crippen molar-refractivity contribution >= 4 is 39.1 Å². The van der Waals surface area contributed by atoms with Crippen LogP contribution in [-0.4, -0.2) is 23.2 Å². The summed E-state index contributed by atoms with van der Waals surface area (Å²) in [6.45, 7) is 0. The molecule has 0 fully saturated rings. The molecule has 0 amide bonds. The van der Waals surface area contributed by atoms with Gasteiger partial charge in [-0.05, 0) is 24.3 Å². The Morgan fingerprint density at radius 3 is 2.80 bits per heavy atom. The molecule has 0 radical (unpaired) electrons. The maximum Gasteiger partial charge on any atom is 0.337 e. The summed E-state index contributed by atoms with van der Waals surface area (Å²) < 4.78 is 6.09. The van der Waals surface area contributed by atoms with E-state index in [4.69, 9.17) is 15.6 Å². The summed E-state index contributed by atoms with van der Waals surface area (Å²) in [5.74, 6) is -0.0844. The van der Waals surface area contributed by atoms with Crippen molar-refractivity contribution in [2.45, 2.75) is 0 Å². The van der Waals surface area contributed by atoms with E-state index in [1.165, 1.54) is 12.3 Å². The van der Waals surface area contributed by atoms with E-state index in [9.17, 15) is 4.79 Å². The number of pyridine rings is 1. The number of nitrogens with two attached hydrogens (primary N) is 1. The second kappa shape index (κ2) is 5.79. The van der Waals surface area contributed by atoms with Gasteiger partial charge >= 0.3 is 5.97 Å². The average Bonchev–Trinajstić information content (AvgIpc) is 2.41. The minimum atomic E-state index is -1.07. The van der Waals surface area contributed by atoms with Crippen LogP contribution >= 0.6 is 15.9 Å². The topological polar surface area (TPSA) is 97.5 Å². The van der Waals surface area contributed by atoms with Crippen LogP contribution in [0, 0.1) is 0 Å². The van der Waals surface area contributed by atoms with Gasteiger partial charge in [0.15, 0.2) is 5.82 Å². The number of nitrogens with one attached hydrogen (secondary N) is 1. The number of carboxylic acids is 1. The Morgan fingerprint density at radius 2 is 2.20 bits per heavy atom. The highest BCUT2D eigenvalue weighted by Gasteiger charge is 2.10. The zero-order valence-corrected chi connectivity index (χ0v) is 12.1. The Balaban J connectivity index is 2.35. The third-order valence-corrected chi connectivity index (χ3v) is 3.07. The van der Waals surface area contributed by atoms with Crippen molar-refractivity contribution < 1.29 is 14.6 Å². The van der Waals surface area contributed by atoms with E-state index < -0.39 is 5.97 Å². The van der Waals surface area contributed by atoms with Crippen LogP contribution in [0.1, 0.15) is 10.4 Å². The summed E-state index contributed by atoms with van der Waals surface area (Å²) in [6.07, 6.45) is 1.24. The Hall–Kier alpha value is -2.28. The third kappa shape index (κ3) is 3.00. The fraction of sp³-hybridized carbons (Fsp3) is 0.0769. The highest BCUT2D eigenvalue weighted by atomic mass is 79.9. The molecule has 2 rings (SSSR count). The van der Waals surface area contributed by atoms with Crippen LogP contribution in [0.25, 0.3) is 0 Å². The summed E-state index contributed by atoms with van der Waals surface area (Å²) in [6, 6.07) is 6.79. The van der Waals surface area contributed by atoms with E-state index in [1.807, 2.05) is 12.1 Å². The lowest BCUT2D eigenvalue weighted by Gasteiger charge is -2.12. The van der Waals surface area contributed by atoms with Crippen LogP contribution in [0.5, 0.6) is 5.75 Å². The van der Waals surface area contributed by atoms with Crippen molar-refractivity contribution in [3.63, 3.8) is 0 Å². The maximum atomic E-state index is 10.8. The average molecular weight is 338 g/mol. The lowest BCUT2D eigenvalue weighted by Crippen LogP contribution is -2.04. The van der Waals surface area contributed by atoms with Crippen molar-refractivity contribution in [3.8, 4) is 5.75 Å². The number of benzene rings is 1. The molecule has 4 N–H and O–H groups in total. The third-order valence-electron chi connectivity index (χ3n) is 2.58. The zero-order chi connectivity index (χ0) is 14.7. The van der Waals surface area contributed by atoms with Gasteiger partial charge in [-0.1, -0.05) is 15.9 Å². The van der Waals surface area contributed by atoms with Crippen molar-refractivity contribution in [1.29, 1.82) is 0 Å². The lowest BCUT2D eigenvalue weighted by molar-refractivity contribution is 0.0696. The number of methoxy groups -OCH3 is 1. The van der Waals surface area contributed by atoms with Crippen molar-refractivity contribution in [1.82, 2.24) is 4.98 Å². The molecule has 1 aromatic heterocycles. The molecule has 0 spiro atoms. The predicted molar refractivity (Wildman–Crippen MR) is 79.6 cm³/mol. The molecule has 2 aromatic rings. The molecule has 0 saturated heterocycles. The minimum Gasteiger partial charge on any atom is -0.495 e. The fourth-order valence-electron chi connectivity index (χ4n) is 1.61. The first-order valence-corrected chi connectivity index (χ1v) is 6.40. The van der Waals surface area contributed by atoms with Crippen LogP contribution in [-0.2, 0) is 0 Å². The molecule has 6 nitrogen and oxygen atoms in total. The number of carbonyl (C=O) groups is 1. The number of halogens is 1. The first-order chi connectivity index (χ1) is 9.51. The van der Waals surface area contributed by atoms with Gasteiger partial charge in [0.25, 0.3) is 0 Å². The Labute approximate surface area is 123 Å². The van der Waals surface area contributed by atoms with Gasteiger partial charge in [-0.15, -0.1) is 0 Å². The second-order valence-electron chi connectivity index (χ2n) is 3.94. The minimum absolute atomic E-state index is 0.0363. The number of nitrogen functional groups attached to an aromatic ring is 1. The van der Waals surface area contributed by atoms with Gasteiger partial charge in [-0.25, -0.2) is 9.78 Å². The standard InChI is InChI=1S/C13H12BrN3O3/c1-20-11-3-2-8(14)5-10(11)17-12-9(15)4-7(6-16-12)13(18)19/h2-6H,15H2,1H3,(H,16,17)(H,18,19). The van der Waals surface area contributed by atoms with Crippen molar-refractivity contribution in [3.05, 3.63) is 40.5 Å². The molecule has 1 aromatic carbocycles. The number of rotatable bonds is 4. The number of carboxylic acid groups (broad SMARTS) is 1. The molecule has 0 unspecified atom stereocenters. The summed E-state index contributed by atoms with van der Waals surface area (Å²) in [4.78, 5) is 14.8. The Bertz CT molecular complexity index is 661. The highest BCUT2D eigenvalue weighted by Crippen LogP contribution is 2.31. The quantitative estimate of drug-likeness (QED) is 0.793. The number of nitrogens with zero attached hydrogens (tertiary/aromatic N) is 1. The fourth-order valence-corrected chi connectivity index (χ4v) is 1.97. The van der Waals surface area contributed by atoms with E-state index in [0.29, 0.717) is 17.3 Å². The van der Waals surface area contributed by atoms with E-state index >= 15 is 0 Å². The van der Waals surface area contributed by atoms with Gasteiger partial charge in [0, 0.05) is 10.7 Å². The van der Waals surface area contributed by atoms with Gasteiger partial charge in [-0.3, -0.25) is 0 Å². The number of aromatic carboxylic acids is 1. The molecule has 20 heavy (non-hydrogen) atoms. The van der Waals surface area contributed by atoms with Crippen molar-refractivity contribution in [2.75, 3.05) is 18.2 Å². The Kier molecular flexibility index (Phi) is 4.09. The smallest absolute Gasteiger partial charge is 0.337 e. The van der Waals surface area contributed by atoms with Gasteiger partial charge in [0.2, 0.25) is 0 Å². The Morgan fingerprint density at radius 1 is 1.45 bits per heavy atom. The normalized spacial score (nSPS) is 10.1. The molecule has 7 heteroatoms. The molecule has 1 heterocycles. The highest BCUT2D eigenvalue weighted by molar-refractivity contribution is 9.10. The largest absolute Gasteiger partial charge is 0.495 e. The number of anilines is 3. The SMILES string of the molecule is COc1ccc(Br)cc1Nc1ncc(C(=O)O)cc1N. The molecule has 0 atom stereocenters. The molecule has 104 valence electrons. The summed E-state index contributed by atoms with van der Waals surface area (Å²) in [5.41, 5.74) is 6.75. The zero-order valence-electron chi connectivity index (χ0n) is 10.6. The molecule has 0 aliphatic carbocycles. The lowest BCUT2D eigenvalue weighted by atomic mass is 10.2. The van der Waals surface area contributed by atoms with E-state index in [0.717, 1.165) is 4.47 Å². The molecule has 0 aliphatic heterocycles. The van der Waals surface area contributed by atoms with Gasteiger partial charge in [-0.2, -0.15) is 0 Å². The van der Waals surface area contributed by atoms with Crippen LogP contribution in [0.2, 0.25) is 0 Å². The molecular formula is C13H12BrN3O3. The molecule has 0 aliphatic rings. The molecule has 0 saturated carbocycles. The van der Waals surface area contributed by atoms with E-state index in [2.05, 4.69) is 26.2 Å². The number of hydrogen-bond acceptors (Lipinski definition) is 5. The number of hydrogen-bond donors (Lipinski definition) is 3. The van der Waals surface area contributed by atoms with E-state index in [-0.39, 0.29) is 11.3 Å². The van der Waals surface area contributed by atoms with Gasteiger partial charge in [0.1, 0.15) is 5.75 Å². The summed E-state index contributed by atoms with van der Waals surface area (Å²) >= 11 is 3.36. The monoisotopic (exact) mass is 337 g/mol. The van der Waals surface area contributed by atoms with E-state index in [1.54, 1.807) is 13.2 Å². The predicted octanol–water partition coefficient (Wildman–Crippen LogP) is 2.88. The first-order valence-electron chi connectivity index (χ1n) is 5.60. The summed E-state index contributed by atoms with van der Waals surface area (Å²) in [7, 11) is 1.55. The number of aromatic nitrogens is 1. The van der Waals surface area contributed by atoms with Gasteiger partial charge in [0.05, 0.1) is 24.0 Å². The molecule has 0 bridgehead atoms.